The molecule has 0 radical (unpaired) electrons. The van der Waals surface area contributed by atoms with Crippen molar-refractivity contribution in [3.05, 3.63) is 0 Å². The van der Waals surface area contributed by atoms with Gasteiger partial charge in [0, 0.05) is 0 Å². The van der Waals surface area contributed by atoms with E-state index in [4.69, 9.17) is 0 Å². The molecular weight excluding hydrogens is 392 g/mol. The smallest absolute Gasteiger partial charge is 0.0648 e. The second-order valence-electron chi connectivity index (χ2n) is 14.0. The molecule has 5 aliphatic rings. The predicted octanol–water partition coefficient (Wildman–Crippen LogP) is 7.36. The van der Waals surface area contributed by atoms with Gasteiger partial charge in [0.05, 0.1) is 11.7 Å². The lowest BCUT2D eigenvalue weighted by atomic mass is 9.43. The maximum Gasteiger partial charge on any atom is 0.0648 e. The molecule has 0 heterocycles. The Balaban J connectivity index is 1.29. The average molecular weight is 445 g/mol. The Hall–Kier alpha value is -0.0800. The van der Waals surface area contributed by atoms with Gasteiger partial charge in [0.15, 0.2) is 0 Å². The van der Waals surface area contributed by atoms with E-state index >= 15 is 0 Å². The van der Waals surface area contributed by atoms with Gasteiger partial charge >= 0.3 is 0 Å². The van der Waals surface area contributed by atoms with E-state index in [0.29, 0.717) is 22.7 Å². The van der Waals surface area contributed by atoms with E-state index in [1.807, 2.05) is 0 Å². The van der Waals surface area contributed by atoms with Crippen molar-refractivity contribution in [3.63, 3.8) is 0 Å². The molecule has 2 nitrogen and oxygen atoms in total. The molecule has 0 aliphatic heterocycles. The topological polar surface area (TPSA) is 40.5 Å². The number of aliphatic hydroxyl groups is 2. The molecule has 0 spiro atoms. The largest absolute Gasteiger partial charge is 0.393 e. The third kappa shape index (κ3) is 3.73. The van der Waals surface area contributed by atoms with Crippen LogP contribution in [0, 0.1) is 52.3 Å². The van der Waals surface area contributed by atoms with Crippen LogP contribution in [0.1, 0.15) is 124 Å². The minimum atomic E-state index is -0.385. The molecule has 5 aliphatic carbocycles. The van der Waals surface area contributed by atoms with Crippen LogP contribution in [0.4, 0.5) is 0 Å². The minimum Gasteiger partial charge on any atom is -0.393 e. The number of fused-ring (bicyclic) bond motifs is 5. The molecule has 0 aromatic rings. The van der Waals surface area contributed by atoms with Gasteiger partial charge in [-0.2, -0.15) is 0 Å². The Bertz CT molecular complexity index is 670. The lowest BCUT2D eigenvalue weighted by molar-refractivity contribution is -0.154. The van der Waals surface area contributed by atoms with Crippen molar-refractivity contribution in [2.75, 3.05) is 0 Å². The van der Waals surface area contributed by atoms with Crippen molar-refractivity contribution < 1.29 is 10.2 Å². The molecule has 5 rings (SSSR count). The zero-order chi connectivity index (χ0) is 22.7. The highest BCUT2D eigenvalue weighted by Gasteiger charge is 2.61. The minimum absolute atomic E-state index is 0.0882. The highest BCUT2D eigenvalue weighted by atomic mass is 16.3. The zero-order valence-electron chi connectivity index (χ0n) is 21.6. The highest BCUT2D eigenvalue weighted by Crippen LogP contribution is 2.69. The summed E-state index contributed by atoms with van der Waals surface area (Å²) in [5, 5.41) is 22.3. The number of hydrogen-bond acceptors (Lipinski definition) is 2. The molecule has 10 atom stereocenters. The maximum absolute atomic E-state index is 11.2. The second kappa shape index (κ2) is 8.54. The quantitative estimate of drug-likeness (QED) is 0.465. The van der Waals surface area contributed by atoms with E-state index in [2.05, 4.69) is 27.7 Å². The first-order valence-electron chi connectivity index (χ1n) is 14.6. The van der Waals surface area contributed by atoms with Crippen LogP contribution in [0.5, 0.6) is 0 Å². The van der Waals surface area contributed by atoms with Crippen molar-refractivity contribution >= 4 is 0 Å². The Labute approximate surface area is 198 Å². The third-order valence-electron chi connectivity index (χ3n) is 12.8. The summed E-state index contributed by atoms with van der Waals surface area (Å²) in [5.41, 5.74) is 0.514. The van der Waals surface area contributed by atoms with Gasteiger partial charge in [-0.25, -0.2) is 0 Å². The monoisotopic (exact) mass is 444 g/mol. The highest BCUT2D eigenvalue weighted by molar-refractivity contribution is 5.11. The molecule has 184 valence electrons. The summed E-state index contributed by atoms with van der Waals surface area (Å²) in [6, 6.07) is 0. The summed E-state index contributed by atoms with van der Waals surface area (Å²) in [6.45, 7) is 9.83. The van der Waals surface area contributed by atoms with Crippen LogP contribution in [0.3, 0.4) is 0 Å². The standard InChI is InChI=1S/C30H52O2/c1-5-30(32)17-16-28(3)22(19-30)10-11-23-25-13-12-24(29(25,4)15-14-26(23)28)20(2)27(31)18-21-8-6-7-9-21/h20-27,31-32H,5-19H2,1-4H3/t20-,22+,23-,24+,25-,26-,27-,28-,29+,30-/m0/s1. The van der Waals surface area contributed by atoms with Crippen LogP contribution < -0.4 is 0 Å². The number of hydrogen-bond donors (Lipinski definition) is 2. The first-order chi connectivity index (χ1) is 15.2. The molecule has 2 N–H and O–H groups in total. The van der Waals surface area contributed by atoms with Gasteiger partial charge in [-0.15, -0.1) is 0 Å². The van der Waals surface area contributed by atoms with E-state index in [1.54, 1.807) is 0 Å². The van der Waals surface area contributed by atoms with E-state index in [1.165, 1.54) is 70.6 Å². The SMILES string of the molecule is CC[C@]1(O)CC[C@@]2(C)[C@H](CC[C@@H]3[C@@H]2CC[C@]2(C)[C@@H]([C@H](C)[C@@H](O)CC4CCCC4)CC[C@@H]32)C1. The fraction of sp³-hybridized carbons (Fsp3) is 1.00. The summed E-state index contributed by atoms with van der Waals surface area (Å²) in [7, 11) is 0. The van der Waals surface area contributed by atoms with Gasteiger partial charge in [-0.3, -0.25) is 0 Å². The molecule has 0 aromatic heterocycles. The van der Waals surface area contributed by atoms with E-state index < -0.39 is 0 Å². The Kier molecular flexibility index (Phi) is 6.31. The van der Waals surface area contributed by atoms with Gasteiger partial charge in [0.25, 0.3) is 0 Å². The van der Waals surface area contributed by atoms with Crippen molar-refractivity contribution in [2.24, 2.45) is 52.3 Å². The van der Waals surface area contributed by atoms with Crippen LogP contribution in [-0.4, -0.2) is 21.9 Å². The van der Waals surface area contributed by atoms with Crippen LogP contribution >= 0.6 is 0 Å². The summed E-state index contributed by atoms with van der Waals surface area (Å²) >= 11 is 0. The van der Waals surface area contributed by atoms with Crippen molar-refractivity contribution in [2.45, 2.75) is 136 Å². The molecule has 0 amide bonds. The lowest BCUT2D eigenvalue weighted by Gasteiger charge is -2.62. The molecule has 0 saturated heterocycles. The Morgan fingerprint density at radius 2 is 1.56 bits per heavy atom. The van der Waals surface area contributed by atoms with Crippen molar-refractivity contribution in [1.82, 2.24) is 0 Å². The third-order valence-corrected chi connectivity index (χ3v) is 12.8. The molecule has 32 heavy (non-hydrogen) atoms. The predicted molar refractivity (Wildman–Crippen MR) is 132 cm³/mol. The fourth-order valence-electron chi connectivity index (χ4n) is 10.6. The zero-order valence-corrected chi connectivity index (χ0v) is 21.6. The van der Waals surface area contributed by atoms with E-state index in [0.717, 1.165) is 55.3 Å². The normalized spacial score (nSPS) is 51.0. The fourth-order valence-corrected chi connectivity index (χ4v) is 10.6. The summed E-state index contributed by atoms with van der Waals surface area (Å²) < 4.78 is 0. The van der Waals surface area contributed by atoms with Gasteiger partial charge in [0.1, 0.15) is 0 Å². The number of rotatable bonds is 5. The van der Waals surface area contributed by atoms with E-state index in [-0.39, 0.29) is 11.7 Å². The lowest BCUT2D eigenvalue weighted by Crippen LogP contribution is -2.56. The van der Waals surface area contributed by atoms with Crippen LogP contribution in [-0.2, 0) is 0 Å². The van der Waals surface area contributed by atoms with Crippen molar-refractivity contribution in [1.29, 1.82) is 0 Å². The van der Waals surface area contributed by atoms with Gasteiger partial charge in [-0.05, 0) is 123 Å². The second-order valence-corrected chi connectivity index (χ2v) is 14.0. The molecule has 0 aromatic carbocycles. The van der Waals surface area contributed by atoms with Crippen LogP contribution in [0.15, 0.2) is 0 Å². The maximum atomic E-state index is 11.2. The first kappa shape index (κ1) is 23.7. The molecule has 5 fully saturated rings. The molecule has 2 heteroatoms. The summed E-state index contributed by atoms with van der Waals surface area (Å²) in [5.74, 6) is 5.34. The average Bonchev–Trinajstić information content (AvgIpc) is 3.41. The van der Waals surface area contributed by atoms with Crippen molar-refractivity contribution in [3.8, 4) is 0 Å². The molecular formula is C30H52O2. The van der Waals surface area contributed by atoms with Gasteiger partial charge < -0.3 is 10.2 Å². The summed E-state index contributed by atoms with van der Waals surface area (Å²) in [4.78, 5) is 0. The van der Waals surface area contributed by atoms with Gasteiger partial charge in [-0.1, -0.05) is 53.4 Å². The molecule has 0 bridgehead atoms. The molecule has 0 unspecified atom stereocenters. The number of aliphatic hydroxyl groups excluding tert-OH is 1. The van der Waals surface area contributed by atoms with Crippen LogP contribution in [0.25, 0.3) is 0 Å². The first-order valence-corrected chi connectivity index (χ1v) is 14.6. The van der Waals surface area contributed by atoms with Gasteiger partial charge in [0.2, 0.25) is 0 Å². The Morgan fingerprint density at radius 1 is 0.844 bits per heavy atom. The van der Waals surface area contributed by atoms with E-state index in [9.17, 15) is 10.2 Å². The summed E-state index contributed by atoms with van der Waals surface area (Å²) in [6.07, 6.45) is 19.0. The van der Waals surface area contributed by atoms with Crippen LogP contribution in [0.2, 0.25) is 0 Å². The molecule has 5 saturated carbocycles. The Morgan fingerprint density at radius 3 is 2.28 bits per heavy atom.